The van der Waals surface area contributed by atoms with E-state index in [0.717, 1.165) is 16.5 Å². The molecule has 3 rings (SSSR count). The molecule has 0 fully saturated rings. The molecule has 0 aliphatic heterocycles. The third kappa shape index (κ3) is 3.51. The number of aromatic nitrogens is 3. The van der Waals surface area contributed by atoms with Gasteiger partial charge in [-0.05, 0) is 25.1 Å². The number of nitrogens with one attached hydrogen (secondary N) is 1. The van der Waals surface area contributed by atoms with Gasteiger partial charge in [0.25, 0.3) is 5.91 Å². The maximum atomic E-state index is 12.6. The summed E-state index contributed by atoms with van der Waals surface area (Å²) in [5.41, 5.74) is 7.36. The van der Waals surface area contributed by atoms with E-state index in [1.54, 1.807) is 23.0 Å². The number of primary amides is 1. The summed E-state index contributed by atoms with van der Waals surface area (Å²) in [6.45, 7) is 1.85. The molecular weight excluding hydrogens is 342 g/mol. The van der Waals surface area contributed by atoms with Crippen molar-refractivity contribution in [3.05, 3.63) is 52.9 Å². The number of carbonyl (C=O) groups is 2. The average molecular weight is 360 g/mol. The molecule has 3 aromatic rings. The summed E-state index contributed by atoms with van der Waals surface area (Å²) < 4.78 is 3.25. The maximum Gasteiger partial charge on any atom is 0.268 e. The Hall–Kier alpha value is -2.80. The quantitative estimate of drug-likeness (QED) is 0.729. The zero-order chi connectivity index (χ0) is 18.1. The largest absolute Gasteiger partial charge is 0.368 e. The zero-order valence-corrected chi connectivity index (χ0v) is 14.6. The van der Waals surface area contributed by atoms with Crippen molar-refractivity contribution in [3.8, 4) is 0 Å². The van der Waals surface area contributed by atoms with E-state index in [-0.39, 0.29) is 18.5 Å². The van der Waals surface area contributed by atoms with Crippen LogP contribution >= 0.6 is 11.6 Å². The molecule has 8 heteroatoms. The van der Waals surface area contributed by atoms with Crippen molar-refractivity contribution in [1.82, 2.24) is 19.7 Å². The monoisotopic (exact) mass is 359 g/mol. The Morgan fingerprint density at radius 2 is 2.12 bits per heavy atom. The number of carbonyl (C=O) groups excluding carboxylic acids is 2. The summed E-state index contributed by atoms with van der Waals surface area (Å²) in [5.74, 6) is -0.675. The van der Waals surface area contributed by atoms with Crippen LogP contribution in [0.5, 0.6) is 0 Å². The molecule has 0 aliphatic rings. The molecule has 0 radical (unpaired) electrons. The van der Waals surface area contributed by atoms with E-state index < -0.39 is 5.91 Å². The van der Waals surface area contributed by atoms with E-state index >= 15 is 0 Å². The second-order valence-electron chi connectivity index (χ2n) is 5.92. The molecule has 3 N–H and O–H groups in total. The number of nitrogens with zero attached hydrogens (tertiary/aromatic N) is 3. The number of benzene rings is 1. The molecular formula is C17H18ClN5O2. The van der Waals surface area contributed by atoms with Gasteiger partial charge < -0.3 is 15.6 Å². The van der Waals surface area contributed by atoms with Crippen molar-refractivity contribution in [2.24, 2.45) is 12.8 Å². The number of amides is 2. The van der Waals surface area contributed by atoms with E-state index in [9.17, 15) is 9.59 Å². The molecule has 0 saturated heterocycles. The third-order valence-electron chi connectivity index (χ3n) is 4.06. The number of fused-ring (bicyclic) bond motifs is 1. The summed E-state index contributed by atoms with van der Waals surface area (Å²) in [6.07, 6.45) is 3.30. The molecule has 0 spiro atoms. The van der Waals surface area contributed by atoms with Gasteiger partial charge in [0.05, 0.1) is 12.2 Å². The molecule has 1 aromatic carbocycles. The van der Waals surface area contributed by atoms with E-state index in [1.807, 2.05) is 32.2 Å². The Balaban J connectivity index is 1.78. The minimum atomic E-state index is -0.472. The van der Waals surface area contributed by atoms with Crippen LogP contribution in [-0.4, -0.2) is 26.2 Å². The second-order valence-corrected chi connectivity index (χ2v) is 6.36. The molecule has 2 amide bonds. The highest BCUT2D eigenvalue weighted by atomic mass is 35.5. The number of hydrogen-bond donors (Lipinski definition) is 2. The lowest BCUT2D eigenvalue weighted by Gasteiger charge is -2.12. The summed E-state index contributed by atoms with van der Waals surface area (Å²) in [4.78, 5) is 23.6. The first-order valence-corrected chi connectivity index (χ1v) is 8.09. The summed E-state index contributed by atoms with van der Waals surface area (Å²) >= 11 is 6.03. The summed E-state index contributed by atoms with van der Waals surface area (Å²) in [6, 6.07) is 7.05. The minimum absolute atomic E-state index is 0.00459. The van der Waals surface area contributed by atoms with Gasteiger partial charge in [0.1, 0.15) is 12.2 Å². The Morgan fingerprint density at radius 1 is 1.36 bits per heavy atom. The molecule has 130 valence electrons. The lowest BCUT2D eigenvalue weighted by atomic mass is 10.2. The van der Waals surface area contributed by atoms with Crippen LogP contribution in [0, 0.1) is 0 Å². The van der Waals surface area contributed by atoms with Crippen LogP contribution < -0.4 is 11.1 Å². The van der Waals surface area contributed by atoms with Crippen molar-refractivity contribution < 1.29 is 9.59 Å². The van der Waals surface area contributed by atoms with Crippen LogP contribution in [0.1, 0.15) is 29.0 Å². The first-order chi connectivity index (χ1) is 11.8. The summed E-state index contributed by atoms with van der Waals surface area (Å²) in [5, 5.41) is 8.56. The first kappa shape index (κ1) is 17.0. The fourth-order valence-corrected chi connectivity index (χ4v) is 2.89. The van der Waals surface area contributed by atoms with E-state index in [1.165, 1.54) is 4.68 Å². The smallest absolute Gasteiger partial charge is 0.268 e. The fourth-order valence-electron chi connectivity index (χ4n) is 2.72. The van der Waals surface area contributed by atoms with Gasteiger partial charge in [-0.1, -0.05) is 17.7 Å². The van der Waals surface area contributed by atoms with Crippen LogP contribution in [-0.2, 0) is 18.4 Å². The number of aryl methyl sites for hydroxylation is 1. The van der Waals surface area contributed by atoms with Gasteiger partial charge in [-0.3, -0.25) is 14.3 Å². The SMILES string of the molecule is CC(NC(=O)c1cc2ccc(Cl)cc2n1C)c1cnn(CC(N)=O)c1. The van der Waals surface area contributed by atoms with Gasteiger partial charge in [0, 0.05) is 34.7 Å². The van der Waals surface area contributed by atoms with Crippen LogP contribution in [0.2, 0.25) is 5.02 Å². The molecule has 0 saturated carbocycles. The van der Waals surface area contributed by atoms with Gasteiger partial charge in [-0.2, -0.15) is 5.10 Å². The fraction of sp³-hybridized carbons (Fsp3) is 0.235. The standard InChI is InChI=1S/C17H18ClN5O2/c1-10(12-7-20-23(8-12)9-16(19)24)21-17(25)15-5-11-3-4-13(18)6-14(11)22(15)2/h3-8,10H,9H2,1-2H3,(H2,19,24)(H,21,25). The van der Waals surface area contributed by atoms with Crippen molar-refractivity contribution in [3.63, 3.8) is 0 Å². The number of halogens is 1. The van der Waals surface area contributed by atoms with Crippen LogP contribution in [0.3, 0.4) is 0 Å². The van der Waals surface area contributed by atoms with Gasteiger partial charge in [0.15, 0.2) is 0 Å². The Kier molecular flexibility index (Phi) is 4.50. The number of nitrogens with two attached hydrogens (primary N) is 1. The van der Waals surface area contributed by atoms with E-state index in [0.29, 0.717) is 10.7 Å². The molecule has 2 aromatic heterocycles. The number of rotatable bonds is 5. The Labute approximate surface area is 149 Å². The Bertz CT molecular complexity index is 959. The Morgan fingerprint density at radius 3 is 2.84 bits per heavy atom. The molecule has 0 aliphatic carbocycles. The van der Waals surface area contributed by atoms with Crippen LogP contribution in [0.25, 0.3) is 10.9 Å². The van der Waals surface area contributed by atoms with Crippen molar-refractivity contribution in [1.29, 1.82) is 0 Å². The van der Waals surface area contributed by atoms with Gasteiger partial charge in [-0.15, -0.1) is 0 Å². The third-order valence-corrected chi connectivity index (χ3v) is 4.29. The van der Waals surface area contributed by atoms with Crippen molar-refractivity contribution >= 4 is 34.3 Å². The van der Waals surface area contributed by atoms with Crippen molar-refractivity contribution in [2.75, 3.05) is 0 Å². The molecule has 25 heavy (non-hydrogen) atoms. The minimum Gasteiger partial charge on any atom is -0.368 e. The molecule has 2 heterocycles. The van der Waals surface area contributed by atoms with Gasteiger partial charge >= 0.3 is 0 Å². The predicted octanol–water partition coefficient (Wildman–Crippen LogP) is 2.00. The molecule has 1 atom stereocenters. The van der Waals surface area contributed by atoms with Crippen molar-refractivity contribution in [2.45, 2.75) is 19.5 Å². The molecule has 7 nitrogen and oxygen atoms in total. The zero-order valence-electron chi connectivity index (χ0n) is 13.9. The molecule has 1 unspecified atom stereocenters. The van der Waals surface area contributed by atoms with Gasteiger partial charge in [-0.25, -0.2) is 0 Å². The normalized spacial score (nSPS) is 12.3. The average Bonchev–Trinajstić information content (AvgIpc) is 3.12. The first-order valence-electron chi connectivity index (χ1n) is 7.71. The second kappa shape index (κ2) is 6.60. The topological polar surface area (TPSA) is 94.9 Å². The van der Waals surface area contributed by atoms with E-state index in [2.05, 4.69) is 10.4 Å². The lowest BCUT2D eigenvalue weighted by Crippen LogP contribution is -2.28. The lowest BCUT2D eigenvalue weighted by molar-refractivity contribution is -0.118. The highest BCUT2D eigenvalue weighted by Crippen LogP contribution is 2.23. The molecule has 0 bridgehead atoms. The maximum absolute atomic E-state index is 12.6. The van der Waals surface area contributed by atoms with E-state index in [4.69, 9.17) is 17.3 Å². The van der Waals surface area contributed by atoms with Crippen LogP contribution in [0.4, 0.5) is 0 Å². The number of hydrogen-bond acceptors (Lipinski definition) is 3. The predicted molar refractivity (Wildman–Crippen MR) is 95.2 cm³/mol. The highest BCUT2D eigenvalue weighted by molar-refractivity contribution is 6.31. The van der Waals surface area contributed by atoms with Crippen LogP contribution in [0.15, 0.2) is 36.7 Å². The summed E-state index contributed by atoms with van der Waals surface area (Å²) in [7, 11) is 1.82. The van der Waals surface area contributed by atoms with Gasteiger partial charge in [0.2, 0.25) is 5.91 Å². The highest BCUT2D eigenvalue weighted by Gasteiger charge is 2.17.